The molecule has 0 saturated carbocycles. The number of fused-ring (bicyclic) bond motifs is 1. The highest BCUT2D eigenvalue weighted by atomic mass is 16.1. The first-order chi connectivity index (χ1) is 15.1. The highest BCUT2D eigenvalue weighted by molar-refractivity contribution is 5.87. The van der Waals surface area contributed by atoms with Crippen LogP contribution in [0.2, 0.25) is 0 Å². The summed E-state index contributed by atoms with van der Waals surface area (Å²) in [6.45, 7) is 6.56. The SMILES string of the molecule is C=c1ccc2c(c1)C(CNC=O)=C(n1c(C)cnc(NCCc3cccnc3)c1=O)N=2. The Morgan fingerprint density at radius 2 is 2.10 bits per heavy atom. The van der Waals surface area contributed by atoms with Gasteiger partial charge in [-0.15, -0.1) is 0 Å². The van der Waals surface area contributed by atoms with E-state index in [2.05, 4.69) is 32.2 Å². The van der Waals surface area contributed by atoms with Crippen molar-refractivity contribution in [2.24, 2.45) is 4.99 Å². The summed E-state index contributed by atoms with van der Waals surface area (Å²) < 4.78 is 1.53. The molecule has 0 saturated heterocycles. The van der Waals surface area contributed by atoms with Gasteiger partial charge in [-0.25, -0.2) is 9.98 Å². The number of carbonyl (C=O) groups excluding carboxylic acids is 1. The zero-order valence-corrected chi connectivity index (χ0v) is 17.1. The lowest BCUT2D eigenvalue weighted by Gasteiger charge is -2.14. The molecular weight excluding hydrogens is 392 g/mol. The molecule has 8 heteroatoms. The summed E-state index contributed by atoms with van der Waals surface area (Å²) >= 11 is 0. The Morgan fingerprint density at radius 1 is 1.23 bits per heavy atom. The number of rotatable bonds is 8. The first-order valence-electron chi connectivity index (χ1n) is 9.88. The smallest absolute Gasteiger partial charge is 0.299 e. The third-order valence-corrected chi connectivity index (χ3v) is 5.02. The van der Waals surface area contributed by atoms with E-state index in [1.165, 1.54) is 4.57 Å². The molecule has 1 aromatic carbocycles. The third kappa shape index (κ3) is 4.13. The Morgan fingerprint density at radius 3 is 2.87 bits per heavy atom. The van der Waals surface area contributed by atoms with Gasteiger partial charge in [-0.05, 0) is 42.3 Å². The average Bonchev–Trinajstić information content (AvgIpc) is 3.12. The number of carbonyl (C=O) groups is 1. The van der Waals surface area contributed by atoms with Crippen molar-refractivity contribution in [1.82, 2.24) is 19.9 Å². The standard InChI is InChI=1S/C23H22N6O2/c1-15-5-6-20-18(10-15)19(13-25-14-30)22(28-20)29-16(2)11-27-21(23(29)31)26-9-7-17-4-3-8-24-12-17/h3-6,8,10-12,14H,1,7,9,13H2,2H3,(H,25,30)(H,26,27). The Kier molecular flexibility index (Phi) is 5.70. The maximum absolute atomic E-state index is 13.3. The normalized spacial score (nSPS) is 12.3. The fraction of sp³-hybridized carbons (Fsp3) is 0.174. The second kappa shape index (κ2) is 8.74. The number of hydrogen-bond donors (Lipinski definition) is 2. The van der Waals surface area contributed by atoms with E-state index in [0.717, 1.165) is 27.3 Å². The molecule has 2 aromatic heterocycles. The van der Waals surface area contributed by atoms with Crippen LogP contribution in [-0.2, 0) is 11.2 Å². The van der Waals surface area contributed by atoms with Gasteiger partial charge in [0.15, 0.2) is 5.82 Å². The molecule has 0 aliphatic carbocycles. The van der Waals surface area contributed by atoms with E-state index in [1.54, 1.807) is 25.5 Å². The van der Waals surface area contributed by atoms with E-state index in [-0.39, 0.29) is 17.9 Å². The van der Waals surface area contributed by atoms with Crippen molar-refractivity contribution in [3.63, 3.8) is 0 Å². The summed E-state index contributed by atoms with van der Waals surface area (Å²) in [6, 6.07) is 9.49. The summed E-state index contributed by atoms with van der Waals surface area (Å²) in [6.07, 6.45) is 6.50. The monoisotopic (exact) mass is 414 g/mol. The third-order valence-electron chi connectivity index (χ3n) is 5.02. The van der Waals surface area contributed by atoms with Crippen LogP contribution in [0.3, 0.4) is 0 Å². The van der Waals surface area contributed by atoms with Crippen molar-refractivity contribution in [2.75, 3.05) is 18.4 Å². The molecule has 156 valence electrons. The van der Waals surface area contributed by atoms with Crippen LogP contribution in [-0.4, -0.2) is 34.0 Å². The maximum atomic E-state index is 13.3. The molecule has 0 spiro atoms. The van der Waals surface area contributed by atoms with Crippen LogP contribution in [0.1, 0.15) is 16.8 Å². The molecule has 0 atom stereocenters. The maximum Gasteiger partial charge on any atom is 0.299 e. The zero-order valence-electron chi connectivity index (χ0n) is 17.1. The summed E-state index contributed by atoms with van der Waals surface area (Å²) in [5, 5.41) is 7.37. The van der Waals surface area contributed by atoms with Crippen LogP contribution in [0.5, 0.6) is 0 Å². The predicted octanol–water partition coefficient (Wildman–Crippen LogP) is 0.717. The summed E-state index contributed by atoms with van der Waals surface area (Å²) in [5.41, 5.74) is 3.03. The van der Waals surface area contributed by atoms with Crippen molar-refractivity contribution in [1.29, 1.82) is 0 Å². The van der Waals surface area contributed by atoms with Gasteiger partial charge in [0.2, 0.25) is 6.41 Å². The molecule has 8 nitrogen and oxygen atoms in total. The molecule has 1 aliphatic rings. The van der Waals surface area contributed by atoms with E-state index in [1.807, 2.05) is 30.3 Å². The summed E-state index contributed by atoms with van der Waals surface area (Å²) in [4.78, 5) is 37.3. The number of hydrogen-bond acceptors (Lipinski definition) is 6. The number of anilines is 1. The van der Waals surface area contributed by atoms with Crippen molar-refractivity contribution >= 4 is 30.2 Å². The summed E-state index contributed by atoms with van der Waals surface area (Å²) in [7, 11) is 0. The molecule has 1 amide bonds. The molecule has 3 aromatic rings. The molecule has 0 fully saturated rings. The quantitative estimate of drug-likeness (QED) is 0.529. The minimum Gasteiger partial charge on any atom is -0.365 e. The second-order valence-corrected chi connectivity index (χ2v) is 7.19. The highest BCUT2D eigenvalue weighted by Crippen LogP contribution is 2.24. The van der Waals surface area contributed by atoms with Gasteiger partial charge in [-0.2, -0.15) is 0 Å². The Bertz CT molecular complexity index is 1330. The predicted molar refractivity (Wildman–Crippen MR) is 120 cm³/mol. The molecule has 1 aliphatic heterocycles. The van der Waals surface area contributed by atoms with E-state index < -0.39 is 0 Å². The molecule has 0 bridgehead atoms. The first-order valence-corrected chi connectivity index (χ1v) is 9.88. The van der Waals surface area contributed by atoms with Crippen molar-refractivity contribution in [2.45, 2.75) is 13.3 Å². The lowest BCUT2D eigenvalue weighted by atomic mass is 10.1. The van der Waals surface area contributed by atoms with E-state index in [0.29, 0.717) is 30.9 Å². The van der Waals surface area contributed by atoms with Gasteiger partial charge in [0.05, 0.1) is 5.36 Å². The number of benzene rings is 1. The zero-order chi connectivity index (χ0) is 21.8. The number of nitrogens with one attached hydrogen (secondary N) is 2. The van der Waals surface area contributed by atoms with E-state index in [9.17, 15) is 9.59 Å². The van der Waals surface area contributed by atoms with Gasteiger partial charge in [0.25, 0.3) is 5.56 Å². The Balaban J connectivity index is 1.71. The molecule has 0 unspecified atom stereocenters. The second-order valence-electron chi connectivity index (χ2n) is 7.19. The Hall–Kier alpha value is -4.07. The van der Waals surface area contributed by atoms with Crippen LogP contribution >= 0.6 is 0 Å². The van der Waals surface area contributed by atoms with Gasteiger partial charge < -0.3 is 10.6 Å². The molecule has 3 heterocycles. The molecule has 4 rings (SSSR count). The molecule has 31 heavy (non-hydrogen) atoms. The van der Waals surface area contributed by atoms with Crippen LogP contribution in [0.15, 0.2) is 58.7 Å². The van der Waals surface area contributed by atoms with Crippen LogP contribution in [0, 0.1) is 6.92 Å². The van der Waals surface area contributed by atoms with Crippen LogP contribution < -0.4 is 26.8 Å². The molecular formula is C23H22N6O2. The number of aromatic nitrogens is 3. The number of aryl methyl sites for hydroxylation is 1. The van der Waals surface area contributed by atoms with E-state index in [4.69, 9.17) is 0 Å². The number of nitrogens with zero attached hydrogens (tertiary/aromatic N) is 4. The number of pyridine rings is 1. The van der Waals surface area contributed by atoms with Crippen molar-refractivity contribution in [3.8, 4) is 0 Å². The van der Waals surface area contributed by atoms with Gasteiger partial charge in [0.1, 0.15) is 5.82 Å². The molecule has 0 radical (unpaired) electrons. The van der Waals surface area contributed by atoms with Gasteiger partial charge in [-0.3, -0.25) is 19.1 Å². The lowest BCUT2D eigenvalue weighted by molar-refractivity contribution is -0.109. The van der Waals surface area contributed by atoms with Gasteiger partial charge in [0, 0.05) is 48.5 Å². The molecule has 2 N–H and O–H groups in total. The number of amides is 1. The highest BCUT2D eigenvalue weighted by Gasteiger charge is 2.22. The van der Waals surface area contributed by atoms with Crippen LogP contribution in [0.25, 0.3) is 18.0 Å². The van der Waals surface area contributed by atoms with Crippen molar-refractivity contribution in [3.05, 3.63) is 86.7 Å². The fourth-order valence-corrected chi connectivity index (χ4v) is 3.52. The largest absolute Gasteiger partial charge is 0.365 e. The Labute approximate surface area is 178 Å². The lowest BCUT2D eigenvalue weighted by Crippen LogP contribution is -2.27. The summed E-state index contributed by atoms with van der Waals surface area (Å²) in [5.74, 6) is 0.726. The van der Waals surface area contributed by atoms with Gasteiger partial charge in [-0.1, -0.05) is 18.7 Å². The first kappa shape index (κ1) is 20.2. The minimum absolute atomic E-state index is 0.244. The minimum atomic E-state index is -0.295. The topological polar surface area (TPSA) is 101 Å². The fourth-order valence-electron chi connectivity index (χ4n) is 3.52. The van der Waals surface area contributed by atoms with Gasteiger partial charge >= 0.3 is 0 Å². The van der Waals surface area contributed by atoms with Crippen molar-refractivity contribution < 1.29 is 4.79 Å². The average molecular weight is 414 g/mol. The van der Waals surface area contributed by atoms with E-state index >= 15 is 0 Å². The van der Waals surface area contributed by atoms with Crippen LogP contribution in [0.4, 0.5) is 5.82 Å².